The lowest BCUT2D eigenvalue weighted by atomic mass is 10.1. The fourth-order valence-electron chi connectivity index (χ4n) is 2.13. The van der Waals surface area contributed by atoms with Crippen molar-refractivity contribution in [1.82, 2.24) is 25.0 Å². The third-order valence-electron chi connectivity index (χ3n) is 3.35. The minimum Gasteiger partial charge on any atom is -0.357 e. The maximum absolute atomic E-state index is 8.96. The highest BCUT2D eigenvalue weighted by atomic mass is 15.4. The fraction of sp³-hybridized carbons (Fsp3) is 0.375. The van der Waals surface area contributed by atoms with Crippen molar-refractivity contribution in [1.29, 1.82) is 5.26 Å². The number of hydrogen-bond donors (Lipinski definition) is 1. The van der Waals surface area contributed by atoms with Crippen molar-refractivity contribution in [2.24, 2.45) is 12.0 Å². The average molecular weight is 311 g/mol. The number of rotatable bonds is 5. The number of guanidine groups is 1. The normalized spacial score (nSPS) is 11.1. The van der Waals surface area contributed by atoms with Crippen molar-refractivity contribution in [3.8, 4) is 6.07 Å². The van der Waals surface area contributed by atoms with Crippen molar-refractivity contribution in [2.45, 2.75) is 20.0 Å². The number of aliphatic imine (C=N–C) groups is 1. The lowest BCUT2D eigenvalue weighted by molar-refractivity contribution is 0.448. The monoisotopic (exact) mass is 311 g/mol. The van der Waals surface area contributed by atoms with Crippen LogP contribution >= 0.6 is 0 Å². The van der Waals surface area contributed by atoms with Gasteiger partial charge in [-0.25, -0.2) is 9.98 Å². The van der Waals surface area contributed by atoms with E-state index in [2.05, 4.69) is 26.5 Å². The highest BCUT2D eigenvalue weighted by Gasteiger charge is 2.09. The van der Waals surface area contributed by atoms with E-state index in [-0.39, 0.29) is 0 Å². The molecule has 2 aromatic rings. The molecule has 0 amide bonds. The van der Waals surface area contributed by atoms with Gasteiger partial charge in [0.25, 0.3) is 0 Å². The number of nitrogens with zero attached hydrogens (tertiary/aromatic N) is 6. The Morgan fingerprint density at radius 2 is 2.30 bits per heavy atom. The Hall–Kier alpha value is -2.88. The summed E-state index contributed by atoms with van der Waals surface area (Å²) < 4.78 is 1.75. The number of aromatic nitrogens is 3. The Labute approximate surface area is 136 Å². The van der Waals surface area contributed by atoms with Crippen molar-refractivity contribution < 1.29 is 0 Å². The van der Waals surface area contributed by atoms with Gasteiger partial charge in [-0.2, -0.15) is 10.4 Å². The SMILES string of the molecule is CCNC(=NCc1cccc(C#N)c1)N(C)Cc1ncnn1C. The molecular formula is C16H21N7. The van der Waals surface area contributed by atoms with Crippen molar-refractivity contribution in [3.63, 3.8) is 0 Å². The van der Waals surface area contributed by atoms with Gasteiger partial charge in [0.05, 0.1) is 24.7 Å². The highest BCUT2D eigenvalue weighted by Crippen LogP contribution is 2.06. The van der Waals surface area contributed by atoms with E-state index >= 15 is 0 Å². The van der Waals surface area contributed by atoms with E-state index in [4.69, 9.17) is 5.26 Å². The topological polar surface area (TPSA) is 82.1 Å². The average Bonchev–Trinajstić information content (AvgIpc) is 2.96. The number of nitriles is 1. The fourth-order valence-corrected chi connectivity index (χ4v) is 2.13. The number of benzene rings is 1. The van der Waals surface area contributed by atoms with Gasteiger partial charge in [0.2, 0.25) is 0 Å². The van der Waals surface area contributed by atoms with E-state index in [1.165, 1.54) is 0 Å². The summed E-state index contributed by atoms with van der Waals surface area (Å²) in [4.78, 5) is 10.9. The van der Waals surface area contributed by atoms with Crippen LogP contribution in [-0.2, 0) is 20.1 Å². The van der Waals surface area contributed by atoms with E-state index in [1.54, 1.807) is 17.1 Å². The highest BCUT2D eigenvalue weighted by molar-refractivity contribution is 5.79. The molecule has 2 rings (SSSR count). The third-order valence-corrected chi connectivity index (χ3v) is 3.35. The molecule has 1 heterocycles. The molecule has 0 saturated carbocycles. The molecule has 1 aromatic carbocycles. The van der Waals surface area contributed by atoms with Gasteiger partial charge in [-0.3, -0.25) is 4.68 Å². The maximum atomic E-state index is 8.96. The molecule has 1 N–H and O–H groups in total. The predicted octanol–water partition coefficient (Wildman–Crippen LogP) is 1.28. The molecule has 0 aliphatic heterocycles. The first-order valence-electron chi connectivity index (χ1n) is 7.45. The number of hydrogen-bond acceptors (Lipinski definition) is 4. The molecule has 23 heavy (non-hydrogen) atoms. The zero-order valence-electron chi connectivity index (χ0n) is 13.7. The second-order valence-electron chi connectivity index (χ2n) is 5.14. The van der Waals surface area contributed by atoms with E-state index in [1.807, 2.05) is 44.1 Å². The lowest BCUT2D eigenvalue weighted by Gasteiger charge is -2.21. The summed E-state index contributed by atoms with van der Waals surface area (Å²) in [5.41, 5.74) is 1.65. The number of nitrogens with one attached hydrogen (secondary N) is 1. The molecule has 0 aliphatic rings. The minimum absolute atomic E-state index is 0.515. The molecule has 1 aromatic heterocycles. The van der Waals surface area contributed by atoms with E-state index in [9.17, 15) is 0 Å². The van der Waals surface area contributed by atoms with Crippen LogP contribution in [-0.4, -0.2) is 39.2 Å². The van der Waals surface area contributed by atoms with Gasteiger partial charge in [-0.05, 0) is 24.6 Å². The Morgan fingerprint density at radius 3 is 2.96 bits per heavy atom. The van der Waals surface area contributed by atoms with Crippen LogP contribution in [0.3, 0.4) is 0 Å². The molecule has 7 heteroatoms. The van der Waals surface area contributed by atoms with Crippen LogP contribution < -0.4 is 5.32 Å². The molecular weight excluding hydrogens is 290 g/mol. The second kappa shape index (κ2) is 7.94. The first-order chi connectivity index (χ1) is 11.1. The van der Waals surface area contributed by atoms with Gasteiger partial charge in [-0.15, -0.1) is 0 Å². The smallest absolute Gasteiger partial charge is 0.194 e. The summed E-state index contributed by atoms with van der Waals surface area (Å²) in [6.45, 7) is 3.93. The molecule has 0 atom stereocenters. The summed E-state index contributed by atoms with van der Waals surface area (Å²) >= 11 is 0. The molecule has 0 radical (unpaired) electrons. The van der Waals surface area contributed by atoms with Crippen molar-refractivity contribution in [2.75, 3.05) is 13.6 Å². The zero-order chi connectivity index (χ0) is 16.7. The van der Waals surface area contributed by atoms with Crippen LogP contribution in [0.15, 0.2) is 35.6 Å². The van der Waals surface area contributed by atoms with Gasteiger partial charge in [-0.1, -0.05) is 12.1 Å². The molecule has 0 spiro atoms. The summed E-state index contributed by atoms with van der Waals surface area (Å²) in [5.74, 6) is 1.66. The van der Waals surface area contributed by atoms with Gasteiger partial charge in [0.1, 0.15) is 12.2 Å². The second-order valence-corrected chi connectivity index (χ2v) is 5.14. The van der Waals surface area contributed by atoms with Crippen LogP contribution in [0, 0.1) is 11.3 Å². The van der Waals surface area contributed by atoms with Gasteiger partial charge in [0.15, 0.2) is 5.96 Å². The molecule has 0 saturated heterocycles. The Bertz CT molecular complexity index is 711. The standard InChI is InChI=1S/C16H21N7/c1-4-18-16(22(2)11-15-20-12-21-23(15)3)19-10-14-7-5-6-13(8-14)9-17/h5-8,12H,4,10-11H2,1-3H3,(H,18,19). The summed E-state index contributed by atoms with van der Waals surface area (Å²) in [7, 11) is 3.83. The summed E-state index contributed by atoms with van der Waals surface area (Å²) in [6, 6.07) is 9.64. The van der Waals surface area contributed by atoms with Crippen LogP contribution in [0.25, 0.3) is 0 Å². The summed E-state index contributed by atoms with van der Waals surface area (Å²) in [6.07, 6.45) is 1.54. The molecule has 0 bridgehead atoms. The maximum Gasteiger partial charge on any atom is 0.194 e. The largest absolute Gasteiger partial charge is 0.357 e. The molecule has 7 nitrogen and oxygen atoms in total. The van der Waals surface area contributed by atoms with Crippen molar-refractivity contribution in [3.05, 3.63) is 47.5 Å². The molecule has 0 fully saturated rings. The van der Waals surface area contributed by atoms with Crippen molar-refractivity contribution >= 4 is 5.96 Å². The Morgan fingerprint density at radius 1 is 1.48 bits per heavy atom. The predicted molar refractivity (Wildman–Crippen MR) is 88.4 cm³/mol. The summed E-state index contributed by atoms with van der Waals surface area (Å²) in [5, 5.41) is 16.3. The first-order valence-corrected chi connectivity index (χ1v) is 7.45. The quantitative estimate of drug-likeness (QED) is 0.664. The number of aryl methyl sites for hydroxylation is 1. The zero-order valence-corrected chi connectivity index (χ0v) is 13.7. The van der Waals surface area contributed by atoms with Crippen LogP contribution in [0.2, 0.25) is 0 Å². The lowest BCUT2D eigenvalue weighted by Crippen LogP contribution is -2.39. The van der Waals surface area contributed by atoms with Gasteiger partial charge < -0.3 is 10.2 Å². The molecule has 120 valence electrons. The Balaban J connectivity index is 2.10. The molecule has 0 aliphatic carbocycles. The van der Waals surface area contributed by atoms with Crippen LogP contribution in [0.4, 0.5) is 0 Å². The van der Waals surface area contributed by atoms with E-state index in [0.717, 1.165) is 23.9 Å². The van der Waals surface area contributed by atoms with Gasteiger partial charge in [0, 0.05) is 20.6 Å². The van der Waals surface area contributed by atoms with Gasteiger partial charge >= 0.3 is 0 Å². The van der Waals surface area contributed by atoms with E-state index in [0.29, 0.717) is 18.7 Å². The van der Waals surface area contributed by atoms with Crippen LogP contribution in [0.1, 0.15) is 23.9 Å². The molecule has 0 unspecified atom stereocenters. The Kier molecular flexibility index (Phi) is 5.69. The van der Waals surface area contributed by atoms with Crippen LogP contribution in [0.5, 0.6) is 0 Å². The minimum atomic E-state index is 0.515. The van der Waals surface area contributed by atoms with E-state index < -0.39 is 0 Å². The first kappa shape index (κ1) is 16.5. The third kappa shape index (κ3) is 4.54.